The summed E-state index contributed by atoms with van der Waals surface area (Å²) in [5.74, 6) is -0.0269. The highest BCUT2D eigenvalue weighted by Crippen LogP contribution is 2.25. The number of ether oxygens (including phenoxy) is 2. The van der Waals surface area contributed by atoms with E-state index in [1.807, 2.05) is 0 Å². The molecule has 0 aromatic heterocycles. The molecule has 0 unspecified atom stereocenters. The first-order valence-corrected chi connectivity index (χ1v) is 4.11. The van der Waals surface area contributed by atoms with Crippen molar-refractivity contribution in [3.8, 4) is 5.75 Å². The van der Waals surface area contributed by atoms with Gasteiger partial charge in [-0.05, 0) is 18.2 Å². The van der Waals surface area contributed by atoms with Crippen molar-refractivity contribution in [2.75, 3.05) is 13.7 Å². The lowest BCUT2D eigenvalue weighted by molar-refractivity contribution is 0.0600. The van der Waals surface area contributed by atoms with E-state index in [1.165, 1.54) is 13.2 Å². The number of hydrogen-bond acceptors (Lipinski definition) is 4. The van der Waals surface area contributed by atoms with Crippen LogP contribution in [0, 0.1) is 0 Å². The average molecular weight is 192 g/mol. The standard InChI is InChI=1S/C10H8O4/c1-13-10(12)6-2-3-9-7(4-6)8(11)5-14-9/h2-4H,5H2,1H3. The Morgan fingerprint density at radius 3 is 3.00 bits per heavy atom. The Bertz CT molecular complexity index is 409. The molecule has 0 saturated carbocycles. The van der Waals surface area contributed by atoms with Gasteiger partial charge in [0.15, 0.2) is 6.61 Å². The van der Waals surface area contributed by atoms with E-state index in [1.54, 1.807) is 12.1 Å². The third-order valence-electron chi connectivity index (χ3n) is 2.06. The summed E-state index contributed by atoms with van der Waals surface area (Å²) in [4.78, 5) is 22.4. The zero-order chi connectivity index (χ0) is 10.1. The molecule has 14 heavy (non-hydrogen) atoms. The van der Waals surface area contributed by atoms with Crippen LogP contribution in [0.3, 0.4) is 0 Å². The molecular weight excluding hydrogens is 184 g/mol. The second-order valence-electron chi connectivity index (χ2n) is 2.91. The molecule has 0 bridgehead atoms. The molecular formula is C10H8O4. The van der Waals surface area contributed by atoms with Gasteiger partial charge in [-0.15, -0.1) is 0 Å². The van der Waals surface area contributed by atoms with Gasteiger partial charge in [0.25, 0.3) is 0 Å². The molecule has 1 aliphatic heterocycles. The number of carbonyl (C=O) groups excluding carboxylic acids is 2. The van der Waals surface area contributed by atoms with Crippen molar-refractivity contribution in [3.05, 3.63) is 29.3 Å². The number of benzene rings is 1. The highest BCUT2D eigenvalue weighted by molar-refractivity contribution is 6.04. The van der Waals surface area contributed by atoms with Crippen molar-refractivity contribution in [3.63, 3.8) is 0 Å². The maximum atomic E-state index is 11.3. The molecule has 1 aromatic rings. The van der Waals surface area contributed by atoms with E-state index in [-0.39, 0.29) is 12.4 Å². The molecule has 4 nitrogen and oxygen atoms in total. The fourth-order valence-corrected chi connectivity index (χ4v) is 1.34. The summed E-state index contributed by atoms with van der Waals surface area (Å²) < 4.78 is 9.62. The predicted molar refractivity (Wildman–Crippen MR) is 47.6 cm³/mol. The van der Waals surface area contributed by atoms with E-state index in [9.17, 15) is 9.59 Å². The highest BCUT2D eigenvalue weighted by atomic mass is 16.5. The Hall–Kier alpha value is -1.84. The molecule has 0 aliphatic carbocycles. The molecule has 0 saturated heterocycles. The van der Waals surface area contributed by atoms with Crippen LogP contribution in [0.2, 0.25) is 0 Å². The molecule has 72 valence electrons. The second-order valence-corrected chi connectivity index (χ2v) is 2.91. The van der Waals surface area contributed by atoms with Gasteiger partial charge in [-0.3, -0.25) is 4.79 Å². The average Bonchev–Trinajstić information content (AvgIpc) is 2.59. The van der Waals surface area contributed by atoms with Crippen molar-refractivity contribution < 1.29 is 19.1 Å². The van der Waals surface area contributed by atoms with Gasteiger partial charge in [-0.2, -0.15) is 0 Å². The summed E-state index contributed by atoms with van der Waals surface area (Å²) in [6.07, 6.45) is 0. The first-order chi connectivity index (χ1) is 6.72. The second kappa shape index (κ2) is 3.14. The lowest BCUT2D eigenvalue weighted by Gasteiger charge is -2.00. The monoisotopic (exact) mass is 192 g/mol. The fourth-order valence-electron chi connectivity index (χ4n) is 1.34. The summed E-state index contributed by atoms with van der Waals surface area (Å²) >= 11 is 0. The van der Waals surface area contributed by atoms with Crippen LogP contribution in [-0.2, 0) is 4.74 Å². The first kappa shape index (κ1) is 8.74. The molecule has 0 fully saturated rings. The number of Topliss-reactive ketones (excluding diaryl/α,β-unsaturated/α-hetero) is 1. The zero-order valence-corrected chi connectivity index (χ0v) is 7.57. The quantitative estimate of drug-likeness (QED) is 0.624. The Balaban J connectivity index is 2.44. The Kier molecular flexibility index (Phi) is 1.96. The molecule has 0 amide bonds. The van der Waals surface area contributed by atoms with Crippen molar-refractivity contribution in [2.24, 2.45) is 0 Å². The molecule has 2 rings (SSSR count). The minimum Gasteiger partial charge on any atom is -0.485 e. The number of ketones is 1. The highest BCUT2D eigenvalue weighted by Gasteiger charge is 2.22. The van der Waals surface area contributed by atoms with Gasteiger partial charge in [-0.1, -0.05) is 0 Å². The Morgan fingerprint density at radius 2 is 2.29 bits per heavy atom. The van der Waals surface area contributed by atoms with Crippen LogP contribution in [0.5, 0.6) is 5.75 Å². The topological polar surface area (TPSA) is 52.6 Å². The van der Waals surface area contributed by atoms with Crippen molar-refractivity contribution in [2.45, 2.75) is 0 Å². The number of fused-ring (bicyclic) bond motifs is 1. The van der Waals surface area contributed by atoms with Crippen molar-refractivity contribution >= 4 is 11.8 Å². The maximum Gasteiger partial charge on any atom is 0.337 e. The number of hydrogen-bond donors (Lipinski definition) is 0. The van der Waals surface area contributed by atoms with Crippen LogP contribution < -0.4 is 4.74 Å². The van der Waals surface area contributed by atoms with E-state index in [2.05, 4.69) is 4.74 Å². The Labute approximate surface area is 80.4 Å². The molecule has 1 aliphatic rings. The van der Waals surface area contributed by atoms with Crippen LogP contribution in [0.25, 0.3) is 0 Å². The van der Waals surface area contributed by atoms with Gasteiger partial charge in [0.2, 0.25) is 5.78 Å². The molecule has 4 heteroatoms. The smallest absolute Gasteiger partial charge is 0.337 e. The van der Waals surface area contributed by atoms with Crippen molar-refractivity contribution in [1.29, 1.82) is 0 Å². The summed E-state index contributed by atoms with van der Waals surface area (Å²) in [7, 11) is 1.30. The number of rotatable bonds is 1. The minimum atomic E-state index is -0.451. The molecule has 0 spiro atoms. The summed E-state index contributed by atoms with van der Waals surface area (Å²) in [5, 5.41) is 0. The third kappa shape index (κ3) is 1.25. The van der Waals surface area contributed by atoms with Crippen LogP contribution in [0.4, 0.5) is 0 Å². The zero-order valence-electron chi connectivity index (χ0n) is 7.57. The first-order valence-electron chi connectivity index (χ1n) is 4.11. The van der Waals surface area contributed by atoms with Gasteiger partial charge in [0.1, 0.15) is 5.75 Å². The fraction of sp³-hybridized carbons (Fsp3) is 0.200. The van der Waals surface area contributed by atoms with E-state index in [4.69, 9.17) is 4.74 Å². The lowest BCUT2D eigenvalue weighted by Crippen LogP contribution is -2.03. The lowest BCUT2D eigenvalue weighted by atomic mass is 10.1. The van der Waals surface area contributed by atoms with Gasteiger partial charge in [-0.25, -0.2) is 4.79 Å². The van der Waals surface area contributed by atoms with E-state index in [0.717, 1.165) is 0 Å². The number of methoxy groups -OCH3 is 1. The molecule has 0 atom stereocenters. The van der Waals surface area contributed by atoms with Crippen LogP contribution in [0.1, 0.15) is 20.7 Å². The predicted octanol–water partition coefficient (Wildman–Crippen LogP) is 1.05. The van der Waals surface area contributed by atoms with Crippen molar-refractivity contribution in [1.82, 2.24) is 0 Å². The van der Waals surface area contributed by atoms with Gasteiger partial charge in [0, 0.05) is 0 Å². The molecule has 0 N–H and O–H groups in total. The van der Waals surface area contributed by atoms with E-state index < -0.39 is 5.97 Å². The third-order valence-corrected chi connectivity index (χ3v) is 2.06. The molecule has 1 heterocycles. The largest absolute Gasteiger partial charge is 0.485 e. The summed E-state index contributed by atoms with van der Waals surface area (Å²) in [6, 6.07) is 4.67. The number of esters is 1. The maximum absolute atomic E-state index is 11.3. The van der Waals surface area contributed by atoms with E-state index in [0.29, 0.717) is 16.9 Å². The van der Waals surface area contributed by atoms with Crippen LogP contribution >= 0.6 is 0 Å². The number of carbonyl (C=O) groups is 2. The normalized spacial score (nSPS) is 13.4. The van der Waals surface area contributed by atoms with Gasteiger partial charge in [0.05, 0.1) is 18.2 Å². The SMILES string of the molecule is COC(=O)c1ccc2c(c1)C(=O)CO2. The van der Waals surface area contributed by atoms with E-state index >= 15 is 0 Å². The molecule has 1 aromatic carbocycles. The summed E-state index contributed by atoms with van der Waals surface area (Å²) in [5.41, 5.74) is 0.818. The van der Waals surface area contributed by atoms with Crippen LogP contribution in [-0.4, -0.2) is 25.5 Å². The van der Waals surface area contributed by atoms with Gasteiger partial charge < -0.3 is 9.47 Å². The van der Waals surface area contributed by atoms with Crippen LogP contribution in [0.15, 0.2) is 18.2 Å². The Morgan fingerprint density at radius 1 is 1.50 bits per heavy atom. The summed E-state index contributed by atoms with van der Waals surface area (Å²) in [6.45, 7) is 0.0555. The molecule has 0 radical (unpaired) electrons. The van der Waals surface area contributed by atoms with Gasteiger partial charge >= 0.3 is 5.97 Å². The minimum absolute atomic E-state index is 0.0555.